The van der Waals surface area contributed by atoms with Gasteiger partial charge in [-0.05, 0) is 43.9 Å². The molecule has 1 atom stereocenters. The van der Waals surface area contributed by atoms with Gasteiger partial charge in [0, 0.05) is 13.1 Å². The number of ether oxygens (including phenoxy) is 2. The Morgan fingerprint density at radius 3 is 2.65 bits per heavy atom. The third-order valence-corrected chi connectivity index (χ3v) is 5.23. The number of hydrogen-bond acceptors (Lipinski definition) is 5. The van der Waals surface area contributed by atoms with Crippen LogP contribution in [0.4, 0.5) is 4.79 Å². The van der Waals surface area contributed by atoms with E-state index in [1.54, 1.807) is 30.0 Å². The third-order valence-electron chi connectivity index (χ3n) is 5.23. The molecule has 4 rings (SSSR count). The molecule has 4 amide bonds. The molecule has 1 unspecified atom stereocenters. The van der Waals surface area contributed by atoms with Crippen molar-refractivity contribution in [2.45, 2.75) is 31.7 Å². The standard InChI is InChI=1S/C18H21N3O5/c1-18(12-5-6-13-14(9-12)26-11-25-13)16(23)21(17(24)19-18)10-15(22)20-7-3-2-4-8-20/h5-6,9H,2-4,7-8,10-11H2,1H3,(H,19,24). The van der Waals surface area contributed by atoms with E-state index in [0.717, 1.165) is 24.2 Å². The molecule has 1 aromatic rings. The Morgan fingerprint density at radius 1 is 1.15 bits per heavy atom. The maximum atomic E-state index is 13.0. The summed E-state index contributed by atoms with van der Waals surface area (Å²) in [5.74, 6) is 0.509. The fourth-order valence-corrected chi connectivity index (χ4v) is 3.62. The second kappa shape index (κ2) is 6.19. The van der Waals surface area contributed by atoms with Crippen molar-refractivity contribution < 1.29 is 23.9 Å². The Kier molecular flexibility index (Phi) is 3.97. The summed E-state index contributed by atoms with van der Waals surface area (Å²) in [4.78, 5) is 40.5. The summed E-state index contributed by atoms with van der Waals surface area (Å²) in [7, 11) is 0. The molecule has 0 aromatic heterocycles. The van der Waals surface area contributed by atoms with E-state index >= 15 is 0 Å². The Hall–Kier alpha value is -2.77. The normalized spacial score (nSPS) is 24.8. The maximum Gasteiger partial charge on any atom is 0.325 e. The van der Waals surface area contributed by atoms with Crippen LogP contribution < -0.4 is 14.8 Å². The van der Waals surface area contributed by atoms with Gasteiger partial charge in [0.1, 0.15) is 12.1 Å². The van der Waals surface area contributed by atoms with E-state index in [2.05, 4.69) is 5.32 Å². The van der Waals surface area contributed by atoms with Crippen molar-refractivity contribution in [1.29, 1.82) is 0 Å². The lowest BCUT2D eigenvalue weighted by atomic mass is 9.91. The van der Waals surface area contributed by atoms with Crippen molar-refractivity contribution in [1.82, 2.24) is 15.1 Å². The van der Waals surface area contributed by atoms with E-state index in [4.69, 9.17) is 9.47 Å². The van der Waals surface area contributed by atoms with E-state index < -0.39 is 17.5 Å². The van der Waals surface area contributed by atoms with Gasteiger partial charge in [0.25, 0.3) is 5.91 Å². The van der Waals surface area contributed by atoms with Crippen molar-refractivity contribution in [2.75, 3.05) is 26.4 Å². The second-order valence-electron chi connectivity index (χ2n) is 6.96. The molecular weight excluding hydrogens is 338 g/mol. The second-order valence-corrected chi connectivity index (χ2v) is 6.96. The summed E-state index contributed by atoms with van der Waals surface area (Å²) >= 11 is 0. The van der Waals surface area contributed by atoms with Gasteiger partial charge >= 0.3 is 6.03 Å². The molecular formula is C18H21N3O5. The highest BCUT2D eigenvalue weighted by atomic mass is 16.7. The van der Waals surface area contributed by atoms with Crippen LogP contribution in [0.25, 0.3) is 0 Å². The molecule has 2 saturated heterocycles. The number of rotatable bonds is 3. The van der Waals surface area contributed by atoms with Crippen LogP contribution in [0.5, 0.6) is 11.5 Å². The zero-order chi connectivity index (χ0) is 18.3. The first-order valence-corrected chi connectivity index (χ1v) is 8.81. The van der Waals surface area contributed by atoms with Crippen molar-refractivity contribution in [3.05, 3.63) is 23.8 Å². The molecule has 3 aliphatic rings. The summed E-state index contributed by atoms with van der Waals surface area (Å²) in [6.45, 7) is 2.90. The van der Waals surface area contributed by atoms with Crippen molar-refractivity contribution in [3.63, 3.8) is 0 Å². The van der Waals surface area contributed by atoms with Gasteiger partial charge in [-0.3, -0.25) is 14.5 Å². The zero-order valence-electron chi connectivity index (χ0n) is 14.6. The largest absolute Gasteiger partial charge is 0.454 e. The van der Waals surface area contributed by atoms with Crippen LogP contribution in [-0.2, 0) is 15.1 Å². The van der Waals surface area contributed by atoms with Gasteiger partial charge in [-0.1, -0.05) is 6.07 Å². The SMILES string of the molecule is CC1(c2ccc3c(c2)OCO3)NC(=O)N(CC(=O)N2CCCCC2)C1=O. The Bertz CT molecular complexity index is 774. The molecule has 3 aliphatic heterocycles. The quantitative estimate of drug-likeness (QED) is 0.819. The van der Waals surface area contributed by atoms with Gasteiger partial charge in [-0.2, -0.15) is 0 Å². The molecule has 0 radical (unpaired) electrons. The number of benzene rings is 1. The molecule has 0 saturated carbocycles. The highest BCUT2D eigenvalue weighted by molar-refractivity contribution is 6.09. The number of nitrogens with zero attached hydrogens (tertiary/aromatic N) is 2. The monoisotopic (exact) mass is 359 g/mol. The van der Waals surface area contributed by atoms with Gasteiger partial charge in [-0.15, -0.1) is 0 Å². The highest BCUT2D eigenvalue weighted by Crippen LogP contribution is 2.37. The smallest absolute Gasteiger partial charge is 0.325 e. The van der Waals surface area contributed by atoms with E-state index in [9.17, 15) is 14.4 Å². The minimum absolute atomic E-state index is 0.131. The molecule has 26 heavy (non-hydrogen) atoms. The lowest BCUT2D eigenvalue weighted by Gasteiger charge is -2.28. The minimum Gasteiger partial charge on any atom is -0.454 e. The van der Waals surface area contributed by atoms with Crippen LogP contribution in [0.2, 0.25) is 0 Å². The van der Waals surface area contributed by atoms with Crippen molar-refractivity contribution >= 4 is 17.8 Å². The van der Waals surface area contributed by atoms with Crippen LogP contribution in [0.15, 0.2) is 18.2 Å². The average molecular weight is 359 g/mol. The van der Waals surface area contributed by atoms with Crippen LogP contribution >= 0.6 is 0 Å². The third kappa shape index (κ3) is 2.65. The van der Waals surface area contributed by atoms with Crippen LogP contribution in [0.3, 0.4) is 0 Å². The first kappa shape index (κ1) is 16.7. The molecule has 0 spiro atoms. The van der Waals surface area contributed by atoms with Gasteiger partial charge in [0.2, 0.25) is 12.7 Å². The number of carbonyl (C=O) groups excluding carboxylic acids is 3. The van der Waals surface area contributed by atoms with Gasteiger partial charge in [-0.25, -0.2) is 4.79 Å². The molecule has 2 fully saturated rings. The maximum absolute atomic E-state index is 13.0. The van der Waals surface area contributed by atoms with E-state index in [1.807, 2.05) is 0 Å². The first-order chi connectivity index (χ1) is 12.5. The number of urea groups is 1. The molecule has 8 nitrogen and oxygen atoms in total. The lowest BCUT2D eigenvalue weighted by molar-refractivity contribution is -0.139. The molecule has 0 bridgehead atoms. The number of carbonyl (C=O) groups is 3. The fourth-order valence-electron chi connectivity index (χ4n) is 3.62. The number of imide groups is 1. The molecule has 138 valence electrons. The Balaban J connectivity index is 1.53. The first-order valence-electron chi connectivity index (χ1n) is 8.81. The lowest BCUT2D eigenvalue weighted by Crippen LogP contribution is -2.45. The van der Waals surface area contributed by atoms with Crippen molar-refractivity contribution in [3.8, 4) is 11.5 Å². The summed E-state index contributed by atoms with van der Waals surface area (Å²) in [6, 6.07) is 4.57. The predicted octanol–water partition coefficient (Wildman–Crippen LogP) is 1.19. The van der Waals surface area contributed by atoms with Crippen LogP contribution in [0, 0.1) is 0 Å². The average Bonchev–Trinajstić information content (AvgIpc) is 3.21. The molecule has 3 heterocycles. The van der Waals surface area contributed by atoms with E-state index in [1.165, 1.54) is 0 Å². The summed E-state index contributed by atoms with van der Waals surface area (Å²) in [6.07, 6.45) is 3.02. The molecule has 0 aliphatic carbocycles. The predicted molar refractivity (Wildman–Crippen MR) is 90.6 cm³/mol. The number of hydrogen-bond donors (Lipinski definition) is 1. The summed E-state index contributed by atoms with van der Waals surface area (Å²) in [5.41, 5.74) is -0.645. The van der Waals surface area contributed by atoms with Crippen LogP contribution in [-0.4, -0.2) is 54.1 Å². The molecule has 8 heteroatoms. The fraction of sp³-hybridized carbons (Fsp3) is 0.500. The van der Waals surface area contributed by atoms with E-state index in [0.29, 0.717) is 30.2 Å². The van der Waals surface area contributed by atoms with E-state index in [-0.39, 0.29) is 19.2 Å². The molecule has 1 N–H and O–H groups in total. The number of piperidine rings is 1. The number of amides is 4. The number of likely N-dealkylation sites (tertiary alicyclic amines) is 1. The number of nitrogens with one attached hydrogen (secondary N) is 1. The summed E-state index contributed by atoms with van der Waals surface area (Å²) in [5, 5.41) is 2.72. The molecule has 1 aromatic carbocycles. The zero-order valence-corrected chi connectivity index (χ0v) is 14.6. The summed E-state index contributed by atoms with van der Waals surface area (Å²) < 4.78 is 10.6. The topological polar surface area (TPSA) is 88.2 Å². The van der Waals surface area contributed by atoms with Gasteiger partial charge < -0.3 is 19.7 Å². The number of fused-ring (bicyclic) bond motifs is 1. The Morgan fingerprint density at radius 2 is 1.88 bits per heavy atom. The van der Waals surface area contributed by atoms with Gasteiger partial charge in [0.15, 0.2) is 11.5 Å². The highest BCUT2D eigenvalue weighted by Gasteiger charge is 2.50. The minimum atomic E-state index is -1.24. The van der Waals surface area contributed by atoms with Crippen molar-refractivity contribution in [2.24, 2.45) is 0 Å². The Labute approximate surface area is 151 Å². The van der Waals surface area contributed by atoms with Gasteiger partial charge in [0.05, 0.1) is 0 Å². The van der Waals surface area contributed by atoms with Crippen LogP contribution in [0.1, 0.15) is 31.7 Å².